The molecular formula is C27H52O3. The van der Waals surface area contributed by atoms with Crippen molar-refractivity contribution in [2.45, 2.75) is 125 Å². The van der Waals surface area contributed by atoms with Crippen molar-refractivity contribution in [3.05, 3.63) is 0 Å². The second-order valence-electron chi connectivity index (χ2n) is 12.1. The molecular weight excluding hydrogens is 372 g/mol. The Hall–Kier alpha value is -0.120. The zero-order chi connectivity index (χ0) is 22.6. The summed E-state index contributed by atoms with van der Waals surface area (Å²) in [5, 5.41) is 11.1. The Morgan fingerprint density at radius 3 is 2.20 bits per heavy atom. The van der Waals surface area contributed by atoms with Crippen LogP contribution < -0.4 is 0 Å². The highest BCUT2D eigenvalue weighted by Gasteiger charge is 2.54. The van der Waals surface area contributed by atoms with Gasteiger partial charge in [-0.05, 0) is 61.2 Å². The smallest absolute Gasteiger partial charge is 0.173 e. The third-order valence-corrected chi connectivity index (χ3v) is 8.91. The van der Waals surface area contributed by atoms with E-state index in [4.69, 9.17) is 9.47 Å². The Morgan fingerprint density at radius 1 is 1.03 bits per heavy atom. The van der Waals surface area contributed by atoms with E-state index in [0.717, 1.165) is 19.3 Å². The summed E-state index contributed by atoms with van der Waals surface area (Å²) in [5.41, 5.74) is 0.314. The van der Waals surface area contributed by atoms with E-state index in [1.54, 1.807) is 0 Å². The molecule has 0 bridgehead atoms. The van der Waals surface area contributed by atoms with Crippen molar-refractivity contribution in [3.8, 4) is 0 Å². The summed E-state index contributed by atoms with van der Waals surface area (Å²) < 4.78 is 12.8. The number of hydrogen-bond donors (Lipinski definition) is 1. The zero-order valence-electron chi connectivity index (χ0n) is 21.4. The van der Waals surface area contributed by atoms with Crippen molar-refractivity contribution in [2.75, 3.05) is 13.2 Å². The topological polar surface area (TPSA) is 38.7 Å². The van der Waals surface area contributed by atoms with Gasteiger partial charge in [0.05, 0.1) is 19.3 Å². The highest BCUT2D eigenvalue weighted by atomic mass is 16.7. The number of aliphatic hydroxyl groups is 1. The summed E-state index contributed by atoms with van der Waals surface area (Å²) in [4.78, 5) is 0. The quantitative estimate of drug-likeness (QED) is 0.381. The molecule has 30 heavy (non-hydrogen) atoms. The van der Waals surface area contributed by atoms with Crippen molar-refractivity contribution < 1.29 is 14.6 Å². The number of rotatable bonds is 11. The highest BCUT2D eigenvalue weighted by Crippen LogP contribution is 2.51. The van der Waals surface area contributed by atoms with Crippen molar-refractivity contribution in [1.29, 1.82) is 0 Å². The number of aliphatic hydroxyl groups excluding tert-OH is 1. The van der Waals surface area contributed by atoms with Gasteiger partial charge in [0.25, 0.3) is 0 Å². The summed E-state index contributed by atoms with van der Waals surface area (Å²) in [5.74, 6) is 1.55. The van der Waals surface area contributed by atoms with Crippen LogP contribution in [-0.4, -0.2) is 30.2 Å². The first kappa shape index (κ1) is 26.1. The maximum absolute atomic E-state index is 11.1. The highest BCUT2D eigenvalue weighted by molar-refractivity contribution is 4.96. The molecule has 2 fully saturated rings. The molecule has 1 heterocycles. The lowest BCUT2D eigenvalue weighted by molar-refractivity contribution is -0.254. The normalized spacial score (nSPS) is 27.2. The van der Waals surface area contributed by atoms with Crippen LogP contribution in [0.2, 0.25) is 0 Å². The molecule has 0 amide bonds. The number of hydrogen-bond acceptors (Lipinski definition) is 3. The first-order valence-corrected chi connectivity index (χ1v) is 12.9. The largest absolute Gasteiger partial charge is 0.393 e. The molecule has 3 heteroatoms. The zero-order valence-corrected chi connectivity index (χ0v) is 21.4. The lowest BCUT2D eigenvalue weighted by atomic mass is 9.64. The van der Waals surface area contributed by atoms with E-state index >= 15 is 0 Å². The minimum Gasteiger partial charge on any atom is -0.393 e. The van der Waals surface area contributed by atoms with Crippen molar-refractivity contribution in [2.24, 2.45) is 34.5 Å². The molecule has 1 N–H and O–H groups in total. The molecule has 0 radical (unpaired) electrons. The van der Waals surface area contributed by atoms with E-state index in [1.165, 1.54) is 38.5 Å². The minimum atomic E-state index is -0.519. The standard InChI is InChI=1S/C27H52O3/c1-9-12-23(20(2)3)26(7,8)27(29-17-18-30-27)16-14-21(4)24(28)19-22-13-10-11-15-25(22,5)6/h20-24,28H,9-19H2,1-8H3/t21?,22?,23?,24-/m1/s1. The summed E-state index contributed by atoms with van der Waals surface area (Å²) in [6.45, 7) is 20.0. The third kappa shape index (κ3) is 5.81. The molecule has 0 aromatic heterocycles. The molecule has 1 aliphatic carbocycles. The Morgan fingerprint density at radius 2 is 1.67 bits per heavy atom. The maximum atomic E-state index is 11.1. The fraction of sp³-hybridized carbons (Fsp3) is 1.00. The van der Waals surface area contributed by atoms with Gasteiger partial charge in [0.1, 0.15) is 0 Å². The van der Waals surface area contributed by atoms with Crippen LogP contribution in [0.3, 0.4) is 0 Å². The second-order valence-corrected chi connectivity index (χ2v) is 12.1. The lowest BCUT2D eigenvalue weighted by Gasteiger charge is -2.49. The Kier molecular flexibility index (Phi) is 9.29. The van der Waals surface area contributed by atoms with Crippen LogP contribution in [0.4, 0.5) is 0 Å². The molecule has 4 atom stereocenters. The van der Waals surface area contributed by atoms with E-state index < -0.39 is 5.79 Å². The van der Waals surface area contributed by atoms with Gasteiger partial charge < -0.3 is 14.6 Å². The van der Waals surface area contributed by atoms with Gasteiger partial charge in [-0.1, -0.05) is 74.7 Å². The Labute approximate surface area is 187 Å². The SMILES string of the molecule is CCCC(C(C)C)C(C)(C)C1(CCC(C)[C@H](O)CC2CCCCC2(C)C)OCCO1. The van der Waals surface area contributed by atoms with E-state index in [2.05, 4.69) is 55.4 Å². The second kappa shape index (κ2) is 10.7. The van der Waals surface area contributed by atoms with Crippen molar-refractivity contribution in [1.82, 2.24) is 0 Å². The molecule has 0 spiro atoms. The molecule has 1 saturated heterocycles. The van der Waals surface area contributed by atoms with E-state index in [9.17, 15) is 5.11 Å². The van der Waals surface area contributed by atoms with Crippen molar-refractivity contribution >= 4 is 0 Å². The summed E-state index contributed by atoms with van der Waals surface area (Å²) >= 11 is 0. The Balaban J connectivity index is 2.04. The van der Waals surface area contributed by atoms with Gasteiger partial charge in [0.2, 0.25) is 0 Å². The van der Waals surface area contributed by atoms with Crippen LogP contribution in [-0.2, 0) is 9.47 Å². The van der Waals surface area contributed by atoms with E-state index in [0.29, 0.717) is 36.4 Å². The fourth-order valence-corrected chi connectivity index (χ4v) is 6.55. The van der Waals surface area contributed by atoms with Gasteiger partial charge >= 0.3 is 0 Å². The van der Waals surface area contributed by atoms with Crippen molar-refractivity contribution in [3.63, 3.8) is 0 Å². The van der Waals surface area contributed by atoms with Crippen LogP contribution in [0.15, 0.2) is 0 Å². The summed E-state index contributed by atoms with van der Waals surface area (Å²) in [6.07, 6.45) is 10.2. The van der Waals surface area contributed by atoms with Crippen LogP contribution in [0.1, 0.15) is 113 Å². The van der Waals surface area contributed by atoms with Gasteiger partial charge in [0, 0.05) is 11.8 Å². The van der Waals surface area contributed by atoms with Crippen LogP contribution >= 0.6 is 0 Å². The van der Waals surface area contributed by atoms with Crippen LogP contribution in [0.25, 0.3) is 0 Å². The maximum Gasteiger partial charge on any atom is 0.173 e. The molecule has 0 aromatic carbocycles. The molecule has 1 saturated carbocycles. The molecule has 178 valence electrons. The van der Waals surface area contributed by atoms with Gasteiger partial charge in [0.15, 0.2) is 5.79 Å². The average molecular weight is 425 g/mol. The van der Waals surface area contributed by atoms with Crippen LogP contribution in [0, 0.1) is 34.5 Å². The first-order valence-electron chi connectivity index (χ1n) is 12.9. The minimum absolute atomic E-state index is 0.0519. The van der Waals surface area contributed by atoms with E-state index in [-0.39, 0.29) is 17.4 Å². The monoisotopic (exact) mass is 424 g/mol. The Bertz CT molecular complexity index is 504. The number of ether oxygens (including phenoxy) is 2. The molecule has 1 aliphatic heterocycles. The molecule has 3 nitrogen and oxygen atoms in total. The predicted octanol–water partition coefficient (Wildman–Crippen LogP) is 7.21. The fourth-order valence-electron chi connectivity index (χ4n) is 6.55. The average Bonchev–Trinajstić information content (AvgIpc) is 3.16. The van der Waals surface area contributed by atoms with Gasteiger partial charge in [-0.2, -0.15) is 0 Å². The van der Waals surface area contributed by atoms with Gasteiger partial charge in [-0.3, -0.25) is 0 Å². The molecule has 0 aromatic rings. The molecule has 3 unspecified atom stereocenters. The lowest BCUT2D eigenvalue weighted by Crippen LogP contribution is -2.51. The molecule has 2 aliphatic rings. The van der Waals surface area contributed by atoms with Gasteiger partial charge in [-0.25, -0.2) is 0 Å². The summed E-state index contributed by atoms with van der Waals surface area (Å²) in [6, 6.07) is 0. The van der Waals surface area contributed by atoms with Gasteiger partial charge in [-0.15, -0.1) is 0 Å². The molecule has 2 rings (SSSR count). The summed E-state index contributed by atoms with van der Waals surface area (Å²) in [7, 11) is 0. The third-order valence-electron chi connectivity index (χ3n) is 8.91. The predicted molar refractivity (Wildman–Crippen MR) is 126 cm³/mol. The van der Waals surface area contributed by atoms with Crippen LogP contribution in [0.5, 0.6) is 0 Å². The first-order chi connectivity index (χ1) is 14.0. The van der Waals surface area contributed by atoms with E-state index in [1.807, 2.05) is 0 Å².